The summed E-state index contributed by atoms with van der Waals surface area (Å²) in [5.41, 5.74) is -0.451. The molecular weight excluding hydrogens is 242 g/mol. The van der Waals surface area contributed by atoms with Gasteiger partial charge in [-0.15, -0.1) is 0 Å². The van der Waals surface area contributed by atoms with Crippen molar-refractivity contribution in [1.82, 2.24) is 4.90 Å². The molecule has 0 saturated carbocycles. The first kappa shape index (κ1) is 13.6. The molecule has 0 bridgehead atoms. The van der Waals surface area contributed by atoms with Gasteiger partial charge in [0.05, 0.1) is 0 Å². The fraction of sp³-hybridized carbons (Fsp3) is 0.467. The van der Waals surface area contributed by atoms with Crippen LogP contribution < -0.4 is 0 Å². The standard InChI is InChI=1S/C15H19NO3/c1-2-9-15(14(18)19)10-6-11-16(15)13(17)12-7-4-3-5-8-12/h3-5,7-8H,2,6,9-11H2,1H3,(H,18,19). The van der Waals surface area contributed by atoms with E-state index in [0.29, 0.717) is 24.9 Å². The normalized spacial score (nSPS) is 22.5. The number of amides is 1. The van der Waals surface area contributed by atoms with Crippen molar-refractivity contribution in [1.29, 1.82) is 0 Å². The lowest BCUT2D eigenvalue weighted by Gasteiger charge is -2.34. The summed E-state index contributed by atoms with van der Waals surface area (Å²) in [5, 5.41) is 9.57. The zero-order valence-electron chi connectivity index (χ0n) is 11.1. The Kier molecular flexibility index (Phi) is 3.88. The highest BCUT2D eigenvalue weighted by molar-refractivity contribution is 5.98. The summed E-state index contributed by atoms with van der Waals surface area (Å²) in [6.45, 7) is 2.48. The molecule has 19 heavy (non-hydrogen) atoms. The summed E-state index contributed by atoms with van der Waals surface area (Å²) in [5.74, 6) is -1.05. The molecule has 1 N–H and O–H groups in total. The van der Waals surface area contributed by atoms with E-state index in [1.165, 1.54) is 0 Å². The molecule has 1 fully saturated rings. The molecule has 0 aromatic heterocycles. The molecule has 102 valence electrons. The van der Waals surface area contributed by atoms with E-state index in [1.54, 1.807) is 29.2 Å². The van der Waals surface area contributed by atoms with Crippen molar-refractivity contribution in [2.24, 2.45) is 0 Å². The van der Waals surface area contributed by atoms with Crippen molar-refractivity contribution in [3.8, 4) is 0 Å². The maximum atomic E-state index is 12.5. The van der Waals surface area contributed by atoms with Gasteiger partial charge in [0.25, 0.3) is 5.91 Å². The molecule has 0 radical (unpaired) electrons. The second-order valence-corrected chi connectivity index (χ2v) is 5.01. The van der Waals surface area contributed by atoms with Gasteiger partial charge in [-0.3, -0.25) is 4.79 Å². The molecule has 1 unspecified atom stereocenters. The quantitative estimate of drug-likeness (QED) is 0.906. The van der Waals surface area contributed by atoms with E-state index < -0.39 is 11.5 Å². The fourth-order valence-corrected chi connectivity index (χ4v) is 2.91. The number of likely N-dealkylation sites (tertiary alicyclic amines) is 1. The Morgan fingerprint density at radius 2 is 2.00 bits per heavy atom. The Hall–Kier alpha value is -1.84. The van der Waals surface area contributed by atoms with Crippen LogP contribution in [0, 0.1) is 0 Å². The van der Waals surface area contributed by atoms with Crippen molar-refractivity contribution in [2.75, 3.05) is 6.54 Å². The van der Waals surface area contributed by atoms with Gasteiger partial charge < -0.3 is 10.0 Å². The average molecular weight is 261 g/mol. The van der Waals surface area contributed by atoms with Crippen molar-refractivity contribution >= 4 is 11.9 Å². The number of carbonyl (C=O) groups excluding carboxylic acids is 1. The van der Waals surface area contributed by atoms with Gasteiger partial charge in [-0.2, -0.15) is 0 Å². The zero-order valence-corrected chi connectivity index (χ0v) is 11.1. The molecule has 2 rings (SSSR count). The number of carboxylic acids is 1. The first-order valence-electron chi connectivity index (χ1n) is 6.72. The Labute approximate surface area is 113 Å². The number of hydrogen-bond donors (Lipinski definition) is 1. The molecule has 1 aliphatic rings. The maximum absolute atomic E-state index is 12.5. The van der Waals surface area contributed by atoms with Gasteiger partial charge in [-0.05, 0) is 31.4 Å². The van der Waals surface area contributed by atoms with Crippen molar-refractivity contribution in [2.45, 2.75) is 38.1 Å². The molecule has 1 saturated heterocycles. The minimum absolute atomic E-state index is 0.172. The number of carboxylic acid groups (broad SMARTS) is 1. The number of hydrogen-bond acceptors (Lipinski definition) is 2. The highest BCUT2D eigenvalue weighted by atomic mass is 16.4. The SMILES string of the molecule is CCCC1(C(=O)O)CCCN1C(=O)c1ccccc1. The lowest BCUT2D eigenvalue weighted by Crippen LogP contribution is -2.53. The third-order valence-corrected chi connectivity index (χ3v) is 3.82. The van der Waals surface area contributed by atoms with Gasteiger partial charge >= 0.3 is 5.97 Å². The van der Waals surface area contributed by atoms with E-state index in [0.717, 1.165) is 12.8 Å². The first-order valence-corrected chi connectivity index (χ1v) is 6.72. The lowest BCUT2D eigenvalue weighted by molar-refractivity contribution is -0.148. The van der Waals surface area contributed by atoms with Crippen LogP contribution in [-0.2, 0) is 4.79 Å². The molecule has 1 atom stereocenters. The van der Waals surface area contributed by atoms with Crippen molar-refractivity contribution in [3.63, 3.8) is 0 Å². The van der Waals surface area contributed by atoms with Crippen LogP contribution in [0.25, 0.3) is 0 Å². The first-order chi connectivity index (χ1) is 9.12. The highest BCUT2D eigenvalue weighted by Crippen LogP contribution is 2.35. The van der Waals surface area contributed by atoms with Crippen molar-refractivity contribution < 1.29 is 14.7 Å². The van der Waals surface area contributed by atoms with Gasteiger partial charge in [0.2, 0.25) is 0 Å². The summed E-state index contributed by atoms with van der Waals surface area (Å²) in [7, 11) is 0. The minimum atomic E-state index is -1.01. The molecular formula is C15H19NO3. The Morgan fingerprint density at radius 1 is 1.32 bits per heavy atom. The van der Waals surface area contributed by atoms with Crippen LogP contribution in [0.5, 0.6) is 0 Å². The molecule has 1 aliphatic heterocycles. The van der Waals surface area contributed by atoms with Gasteiger partial charge in [0.15, 0.2) is 0 Å². The predicted molar refractivity (Wildman–Crippen MR) is 72.0 cm³/mol. The van der Waals surface area contributed by atoms with Gasteiger partial charge in [-0.25, -0.2) is 4.79 Å². The Bertz CT molecular complexity index is 472. The zero-order chi connectivity index (χ0) is 13.9. The predicted octanol–water partition coefficient (Wildman–Crippen LogP) is 2.55. The van der Waals surface area contributed by atoms with Crippen LogP contribution in [0.3, 0.4) is 0 Å². The summed E-state index contributed by atoms with van der Waals surface area (Å²) in [6.07, 6.45) is 2.57. The summed E-state index contributed by atoms with van der Waals surface area (Å²) < 4.78 is 0. The van der Waals surface area contributed by atoms with Crippen LogP contribution in [0.1, 0.15) is 43.0 Å². The summed E-state index contributed by atoms with van der Waals surface area (Å²) >= 11 is 0. The number of nitrogens with zero attached hydrogens (tertiary/aromatic N) is 1. The molecule has 1 aromatic carbocycles. The Balaban J connectivity index is 2.32. The molecule has 0 spiro atoms. The van der Waals surface area contributed by atoms with Crippen LogP contribution in [0.15, 0.2) is 30.3 Å². The molecule has 1 aromatic rings. The number of carbonyl (C=O) groups is 2. The molecule has 1 heterocycles. The topological polar surface area (TPSA) is 57.6 Å². The van der Waals surface area contributed by atoms with Crippen molar-refractivity contribution in [3.05, 3.63) is 35.9 Å². The van der Waals surface area contributed by atoms with E-state index in [1.807, 2.05) is 13.0 Å². The second-order valence-electron chi connectivity index (χ2n) is 5.01. The lowest BCUT2D eigenvalue weighted by atomic mass is 9.90. The molecule has 4 heteroatoms. The van der Waals surface area contributed by atoms with Gasteiger partial charge in [0.1, 0.15) is 5.54 Å². The van der Waals surface area contributed by atoms with Crippen LogP contribution in [0.4, 0.5) is 0 Å². The van der Waals surface area contributed by atoms with E-state index >= 15 is 0 Å². The Morgan fingerprint density at radius 3 is 2.58 bits per heavy atom. The number of aliphatic carboxylic acids is 1. The minimum Gasteiger partial charge on any atom is -0.479 e. The largest absolute Gasteiger partial charge is 0.479 e. The molecule has 0 aliphatic carbocycles. The number of benzene rings is 1. The van der Waals surface area contributed by atoms with E-state index in [2.05, 4.69) is 0 Å². The summed E-state index contributed by atoms with van der Waals surface area (Å²) in [4.78, 5) is 25.7. The van der Waals surface area contributed by atoms with Crippen LogP contribution in [0.2, 0.25) is 0 Å². The smallest absolute Gasteiger partial charge is 0.329 e. The van der Waals surface area contributed by atoms with E-state index in [-0.39, 0.29) is 5.91 Å². The fourth-order valence-electron chi connectivity index (χ4n) is 2.91. The average Bonchev–Trinajstić information content (AvgIpc) is 2.84. The third-order valence-electron chi connectivity index (χ3n) is 3.82. The van der Waals surface area contributed by atoms with Crippen LogP contribution in [-0.4, -0.2) is 34.0 Å². The number of rotatable bonds is 4. The van der Waals surface area contributed by atoms with Gasteiger partial charge in [0, 0.05) is 12.1 Å². The highest BCUT2D eigenvalue weighted by Gasteiger charge is 2.49. The maximum Gasteiger partial charge on any atom is 0.329 e. The monoisotopic (exact) mass is 261 g/mol. The van der Waals surface area contributed by atoms with Gasteiger partial charge in [-0.1, -0.05) is 31.5 Å². The molecule has 4 nitrogen and oxygen atoms in total. The van der Waals surface area contributed by atoms with E-state index in [4.69, 9.17) is 0 Å². The van der Waals surface area contributed by atoms with E-state index in [9.17, 15) is 14.7 Å². The third kappa shape index (κ3) is 2.35. The second kappa shape index (κ2) is 5.43. The summed E-state index contributed by atoms with van der Waals surface area (Å²) in [6, 6.07) is 8.91. The molecule has 1 amide bonds. The van der Waals surface area contributed by atoms with Crippen LogP contribution >= 0.6 is 0 Å².